The van der Waals surface area contributed by atoms with Crippen LogP contribution in [0.25, 0.3) is 0 Å². The molecule has 1 heterocycles. The number of aromatic nitrogens is 3. The molecule has 0 fully saturated rings. The van der Waals surface area contributed by atoms with Gasteiger partial charge in [0.25, 0.3) is 0 Å². The molecule has 0 N–H and O–H groups in total. The van der Waals surface area contributed by atoms with Gasteiger partial charge in [0.15, 0.2) is 0 Å². The van der Waals surface area contributed by atoms with Gasteiger partial charge < -0.3 is 0 Å². The topological polar surface area (TPSA) is 30.7 Å². The lowest BCUT2D eigenvalue weighted by Gasteiger charge is -2.10. The highest BCUT2D eigenvalue weighted by Crippen LogP contribution is 2.21. The average molecular weight is 230 g/mol. The van der Waals surface area contributed by atoms with E-state index in [1.807, 2.05) is 10.9 Å². The highest BCUT2D eigenvalue weighted by molar-refractivity contribution is 6.20. The molecule has 3 nitrogen and oxygen atoms in total. The van der Waals surface area contributed by atoms with E-state index in [4.69, 9.17) is 11.6 Å². The van der Waals surface area contributed by atoms with Gasteiger partial charge in [-0.25, -0.2) is 0 Å². The van der Waals surface area contributed by atoms with Gasteiger partial charge in [0.1, 0.15) is 5.69 Å². The molecule has 15 heavy (non-hydrogen) atoms. The Morgan fingerprint density at radius 1 is 1.27 bits per heavy atom. The third-order valence-corrected chi connectivity index (χ3v) is 3.37. The summed E-state index contributed by atoms with van der Waals surface area (Å²) in [7, 11) is 0. The van der Waals surface area contributed by atoms with Crippen molar-refractivity contribution in [3.63, 3.8) is 0 Å². The normalized spacial score (nSPS) is 13.4. The van der Waals surface area contributed by atoms with Crippen LogP contribution in [0.1, 0.15) is 51.1 Å². The first kappa shape index (κ1) is 12.5. The molecular weight excluding hydrogens is 210 g/mol. The summed E-state index contributed by atoms with van der Waals surface area (Å²) in [6.45, 7) is 7.43. The van der Waals surface area contributed by atoms with Gasteiger partial charge in [-0.05, 0) is 12.3 Å². The van der Waals surface area contributed by atoms with Crippen molar-refractivity contribution in [1.29, 1.82) is 0 Å². The van der Waals surface area contributed by atoms with Crippen LogP contribution in [0.3, 0.4) is 0 Å². The molecular formula is C11H20ClN3. The maximum absolute atomic E-state index is 6.09. The van der Waals surface area contributed by atoms with E-state index in [1.165, 1.54) is 12.8 Å². The Kier molecular flexibility index (Phi) is 5.09. The monoisotopic (exact) mass is 229 g/mol. The Morgan fingerprint density at radius 3 is 2.47 bits per heavy atom. The minimum atomic E-state index is 0.000420. The van der Waals surface area contributed by atoms with Crippen LogP contribution < -0.4 is 0 Å². The first-order valence-electron chi connectivity index (χ1n) is 5.75. The van der Waals surface area contributed by atoms with Crippen molar-refractivity contribution in [3.8, 4) is 0 Å². The maximum atomic E-state index is 6.09. The third-order valence-electron chi connectivity index (χ3n) is 2.84. The highest BCUT2D eigenvalue weighted by Gasteiger charge is 2.11. The first-order valence-corrected chi connectivity index (χ1v) is 6.18. The van der Waals surface area contributed by atoms with Crippen molar-refractivity contribution in [3.05, 3.63) is 11.9 Å². The fourth-order valence-corrected chi connectivity index (χ4v) is 1.67. The molecule has 0 bridgehead atoms. The van der Waals surface area contributed by atoms with Crippen molar-refractivity contribution < 1.29 is 0 Å². The van der Waals surface area contributed by atoms with Crippen molar-refractivity contribution in [2.75, 3.05) is 0 Å². The predicted octanol–water partition coefficient (Wildman–Crippen LogP) is 3.40. The molecule has 1 aromatic heterocycles. The lowest BCUT2D eigenvalue weighted by molar-refractivity contribution is 0.390. The van der Waals surface area contributed by atoms with E-state index < -0.39 is 0 Å². The summed E-state index contributed by atoms with van der Waals surface area (Å²) >= 11 is 6.09. The van der Waals surface area contributed by atoms with Gasteiger partial charge in [0.2, 0.25) is 0 Å². The smallest absolute Gasteiger partial charge is 0.100 e. The van der Waals surface area contributed by atoms with Crippen LogP contribution in [0.5, 0.6) is 0 Å². The Bertz CT molecular complexity index is 281. The fourth-order valence-electron chi connectivity index (χ4n) is 1.57. The molecule has 1 rings (SSSR count). The summed E-state index contributed by atoms with van der Waals surface area (Å²) in [5, 5.41) is 8.19. The molecule has 0 radical (unpaired) electrons. The van der Waals surface area contributed by atoms with Crippen LogP contribution in [0, 0.1) is 5.92 Å². The van der Waals surface area contributed by atoms with Crippen LogP contribution in [0.15, 0.2) is 6.20 Å². The van der Waals surface area contributed by atoms with Crippen LogP contribution in [-0.4, -0.2) is 15.0 Å². The summed E-state index contributed by atoms with van der Waals surface area (Å²) in [5.41, 5.74) is 0.894. The quantitative estimate of drug-likeness (QED) is 0.700. The zero-order valence-electron chi connectivity index (χ0n) is 9.78. The van der Waals surface area contributed by atoms with Crippen molar-refractivity contribution in [2.24, 2.45) is 5.92 Å². The molecule has 0 aromatic carbocycles. The highest BCUT2D eigenvalue weighted by atomic mass is 35.5. The van der Waals surface area contributed by atoms with E-state index in [9.17, 15) is 0 Å². The van der Waals surface area contributed by atoms with Crippen LogP contribution in [-0.2, 0) is 6.54 Å². The van der Waals surface area contributed by atoms with Crippen molar-refractivity contribution in [1.82, 2.24) is 15.0 Å². The standard InChI is InChI=1S/C11H20ClN3/c1-4-9(5-2)7-15-8-11(13-14-15)10(12)6-3/h8-10H,4-7H2,1-3H3. The second-order valence-electron chi connectivity index (χ2n) is 3.92. The van der Waals surface area contributed by atoms with Gasteiger partial charge in [-0.1, -0.05) is 38.8 Å². The maximum Gasteiger partial charge on any atom is 0.100 e. The zero-order valence-corrected chi connectivity index (χ0v) is 10.5. The number of rotatable bonds is 6. The van der Waals surface area contributed by atoms with Crippen LogP contribution in [0.4, 0.5) is 0 Å². The largest absolute Gasteiger partial charge is 0.252 e. The molecule has 0 aliphatic rings. The predicted molar refractivity (Wildman–Crippen MR) is 63.0 cm³/mol. The third kappa shape index (κ3) is 3.49. The Morgan fingerprint density at radius 2 is 1.93 bits per heavy atom. The van der Waals surface area contributed by atoms with Gasteiger partial charge in [-0.15, -0.1) is 16.7 Å². The number of nitrogens with zero attached hydrogens (tertiary/aromatic N) is 3. The van der Waals surface area contributed by atoms with E-state index in [0.29, 0.717) is 5.92 Å². The van der Waals surface area contributed by atoms with Gasteiger partial charge in [-0.3, -0.25) is 4.68 Å². The lowest BCUT2D eigenvalue weighted by Crippen LogP contribution is -2.09. The van der Waals surface area contributed by atoms with Gasteiger partial charge in [0.05, 0.1) is 5.38 Å². The fraction of sp³-hybridized carbons (Fsp3) is 0.818. The molecule has 1 aromatic rings. The van der Waals surface area contributed by atoms with E-state index in [0.717, 1.165) is 18.7 Å². The van der Waals surface area contributed by atoms with E-state index in [2.05, 4.69) is 31.1 Å². The average Bonchev–Trinajstić information content (AvgIpc) is 2.73. The zero-order chi connectivity index (χ0) is 11.3. The minimum absolute atomic E-state index is 0.000420. The summed E-state index contributed by atoms with van der Waals surface area (Å²) in [6, 6.07) is 0. The molecule has 1 atom stereocenters. The second kappa shape index (κ2) is 6.11. The molecule has 0 spiro atoms. The molecule has 0 amide bonds. The molecule has 0 aliphatic heterocycles. The Balaban J connectivity index is 2.59. The van der Waals surface area contributed by atoms with Gasteiger partial charge in [-0.2, -0.15) is 0 Å². The van der Waals surface area contributed by atoms with Gasteiger partial charge in [0, 0.05) is 12.7 Å². The van der Waals surface area contributed by atoms with E-state index >= 15 is 0 Å². The second-order valence-corrected chi connectivity index (χ2v) is 4.45. The SMILES string of the molecule is CCC(CC)Cn1cc(C(Cl)CC)nn1. The summed E-state index contributed by atoms with van der Waals surface area (Å²) < 4.78 is 1.91. The molecule has 0 aliphatic carbocycles. The molecule has 0 saturated carbocycles. The first-order chi connectivity index (χ1) is 7.21. The van der Waals surface area contributed by atoms with Crippen LogP contribution in [0.2, 0.25) is 0 Å². The molecule has 4 heteroatoms. The Hall–Kier alpha value is -0.570. The van der Waals surface area contributed by atoms with Crippen molar-refractivity contribution >= 4 is 11.6 Å². The number of alkyl halides is 1. The molecule has 86 valence electrons. The Labute approximate surface area is 96.8 Å². The molecule has 0 saturated heterocycles. The number of hydrogen-bond donors (Lipinski definition) is 0. The minimum Gasteiger partial charge on any atom is -0.252 e. The van der Waals surface area contributed by atoms with E-state index in [1.54, 1.807) is 0 Å². The van der Waals surface area contributed by atoms with Crippen molar-refractivity contribution in [2.45, 2.75) is 52.0 Å². The lowest BCUT2D eigenvalue weighted by atomic mass is 10.0. The summed E-state index contributed by atoms with van der Waals surface area (Å²) in [6.07, 6.45) is 5.23. The summed E-state index contributed by atoms with van der Waals surface area (Å²) in [4.78, 5) is 0. The number of halogens is 1. The van der Waals surface area contributed by atoms with Crippen LogP contribution >= 0.6 is 11.6 Å². The summed E-state index contributed by atoms with van der Waals surface area (Å²) in [5.74, 6) is 0.690. The molecule has 1 unspecified atom stereocenters. The van der Waals surface area contributed by atoms with Gasteiger partial charge >= 0.3 is 0 Å². The van der Waals surface area contributed by atoms with E-state index in [-0.39, 0.29) is 5.38 Å². The number of hydrogen-bond acceptors (Lipinski definition) is 2.